The van der Waals surface area contributed by atoms with Crippen LogP contribution >= 0.6 is 0 Å². The van der Waals surface area contributed by atoms with Crippen molar-refractivity contribution in [1.82, 2.24) is 9.97 Å². The van der Waals surface area contributed by atoms with Gasteiger partial charge < -0.3 is 9.68 Å². The summed E-state index contributed by atoms with van der Waals surface area (Å²) in [6.07, 6.45) is -2.52. The van der Waals surface area contributed by atoms with E-state index in [9.17, 15) is 13.2 Å². The van der Waals surface area contributed by atoms with Crippen LogP contribution in [0.25, 0.3) is 0 Å². The van der Waals surface area contributed by atoms with Crippen LogP contribution in [-0.2, 0) is 22.3 Å². The van der Waals surface area contributed by atoms with Crippen molar-refractivity contribution in [3.8, 4) is 0 Å². The smallest absolute Gasteiger partial charge is 0.395 e. The van der Waals surface area contributed by atoms with Gasteiger partial charge in [-0.1, -0.05) is 36.3 Å². The first-order valence-corrected chi connectivity index (χ1v) is 10.4. The molecule has 0 aromatic carbocycles. The number of hydrogen-bond donors (Lipinski definition) is 0. The van der Waals surface area contributed by atoms with E-state index in [4.69, 9.17) is 9.68 Å². The quantitative estimate of drug-likeness (QED) is 0.424. The van der Waals surface area contributed by atoms with E-state index in [1.807, 2.05) is 45.9 Å². The predicted molar refractivity (Wildman–Crippen MR) is 116 cm³/mol. The Labute approximate surface area is 185 Å². The number of oxime groups is 2. The van der Waals surface area contributed by atoms with Gasteiger partial charge in [0.05, 0.1) is 11.4 Å². The summed E-state index contributed by atoms with van der Waals surface area (Å²) in [5, 5.41) is 8.25. The summed E-state index contributed by atoms with van der Waals surface area (Å²) in [4.78, 5) is 19.2. The molecule has 1 aliphatic carbocycles. The summed E-state index contributed by atoms with van der Waals surface area (Å²) in [5.74, 6) is 0. The Hall–Kier alpha value is -2.97. The molecule has 0 atom stereocenters. The largest absolute Gasteiger partial charge is 0.433 e. The second kappa shape index (κ2) is 9.67. The fourth-order valence-electron chi connectivity index (χ4n) is 3.17. The average Bonchev–Trinajstić information content (AvgIpc) is 2.72. The maximum atomic E-state index is 13.0. The molecule has 0 radical (unpaired) electrons. The Morgan fingerprint density at radius 3 is 2.50 bits per heavy atom. The van der Waals surface area contributed by atoms with E-state index >= 15 is 0 Å². The zero-order valence-electron chi connectivity index (χ0n) is 18.7. The van der Waals surface area contributed by atoms with Gasteiger partial charge in [-0.2, -0.15) is 13.2 Å². The fourth-order valence-corrected chi connectivity index (χ4v) is 3.17. The molecule has 3 rings (SSSR count). The van der Waals surface area contributed by atoms with E-state index in [0.29, 0.717) is 24.3 Å². The van der Waals surface area contributed by atoms with Gasteiger partial charge in [-0.15, -0.1) is 0 Å². The fraction of sp³-hybridized carbons (Fsp3) is 0.478. The molecule has 0 saturated carbocycles. The number of halogens is 3. The zero-order chi connectivity index (χ0) is 23.4. The number of hydrogen-bond acceptors (Lipinski definition) is 6. The number of alkyl halides is 3. The van der Waals surface area contributed by atoms with Crippen LogP contribution in [0.4, 0.5) is 13.2 Å². The Balaban J connectivity index is 1.60. The van der Waals surface area contributed by atoms with E-state index < -0.39 is 17.3 Å². The second-order valence-electron chi connectivity index (χ2n) is 8.65. The number of nitrogens with zero attached hydrogens (tertiary/aromatic N) is 4. The molecule has 0 N–H and O–H groups in total. The van der Waals surface area contributed by atoms with E-state index in [1.165, 1.54) is 6.07 Å². The lowest BCUT2D eigenvalue weighted by molar-refractivity contribution is -0.141. The third-order valence-electron chi connectivity index (χ3n) is 4.95. The molecular weight excluding hydrogens is 421 g/mol. The van der Waals surface area contributed by atoms with Crippen molar-refractivity contribution in [1.29, 1.82) is 0 Å². The second-order valence-corrected chi connectivity index (χ2v) is 8.65. The maximum Gasteiger partial charge on any atom is 0.433 e. The normalized spacial score (nSPS) is 16.1. The van der Waals surface area contributed by atoms with E-state index in [2.05, 4.69) is 20.3 Å². The van der Waals surface area contributed by atoms with Crippen LogP contribution in [0, 0.1) is 12.3 Å². The SMILES string of the molecule is CC(=NOCC(C)(C)CON=C1CCCc2ccc(C(F)(F)F)nc21)c1cccc(C)n1. The number of pyridine rings is 2. The van der Waals surface area contributed by atoms with Crippen molar-refractivity contribution >= 4 is 11.4 Å². The summed E-state index contributed by atoms with van der Waals surface area (Å²) < 4.78 is 39.1. The lowest BCUT2D eigenvalue weighted by atomic mass is 9.94. The van der Waals surface area contributed by atoms with Gasteiger partial charge in [-0.3, -0.25) is 4.98 Å². The minimum Gasteiger partial charge on any atom is -0.395 e. The summed E-state index contributed by atoms with van der Waals surface area (Å²) in [7, 11) is 0. The maximum absolute atomic E-state index is 13.0. The van der Waals surface area contributed by atoms with Crippen LogP contribution in [-0.4, -0.2) is 34.6 Å². The van der Waals surface area contributed by atoms with Crippen molar-refractivity contribution in [2.75, 3.05) is 13.2 Å². The molecule has 6 nitrogen and oxygen atoms in total. The number of aromatic nitrogens is 2. The molecule has 32 heavy (non-hydrogen) atoms. The lowest BCUT2D eigenvalue weighted by Crippen LogP contribution is -2.25. The number of fused-ring (bicyclic) bond motifs is 1. The Morgan fingerprint density at radius 1 is 1.03 bits per heavy atom. The predicted octanol–water partition coefficient (Wildman–Crippen LogP) is 5.33. The first kappa shape index (κ1) is 23.7. The van der Waals surface area contributed by atoms with Gasteiger partial charge >= 0.3 is 6.18 Å². The lowest BCUT2D eigenvalue weighted by Gasteiger charge is -2.22. The Kier molecular flexibility index (Phi) is 7.16. The Bertz CT molecular complexity index is 1020. The summed E-state index contributed by atoms with van der Waals surface area (Å²) in [5.41, 5.74) is 2.42. The molecular formula is C23H27F3N4O2. The molecule has 2 heterocycles. The van der Waals surface area contributed by atoms with Crippen LogP contribution in [0.15, 0.2) is 40.6 Å². The molecule has 0 spiro atoms. The van der Waals surface area contributed by atoms with Crippen LogP contribution < -0.4 is 0 Å². The minimum absolute atomic E-state index is 0.210. The van der Waals surface area contributed by atoms with E-state index in [-0.39, 0.29) is 18.9 Å². The molecule has 9 heteroatoms. The standard InChI is InChI=1S/C23H27F3N4O2/c1-15-7-5-9-18(27-15)16(2)29-31-13-22(3,4)14-32-30-19-10-6-8-17-11-12-20(23(24,25)26)28-21(17)19/h5,7,9,11-12H,6,8,10,13-14H2,1-4H3. The monoisotopic (exact) mass is 448 g/mol. The van der Waals surface area contributed by atoms with Gasteiger partial charge in [0.25, 0.3) is 0 Å². The highest BCUT2D eigenvalue weighted by Crippen LogP contribution is 2.30. The summed E-state index contributed by atoms with van der Waals surface area (Å²) >= 11 is 0. The molecule has 172 valence electrons. The topological polar surface area (TPSA) is 69.0 Å². The van der Waals surface area contributed by atoms with Gasteiger partial charge in [0.15, 0.2) is 0 Å². The molecule has 0 amide bonds. The van der Waals surface area contributed by atoms with Gasteiger partial charge in [0.2, 0.25) is 0 Å². The van der Waals surface area contributed by atoms with Gasteiger partial charge in [0.1, 0.15) is 30.3 Å². The molecule has 2 aromatic heterocycles. The number of rotatable bonds is 7. The molecule has 1 aliphatic rings. The van der Waals surface area contributed by atoms with E-state index in [0.717, 1.165) is 29.4 Å². The molecule has 0 aliphatic heterocycles. The van der Waals surface area contributed by atoms with Crippen LogP contribution in [0.1, 0.15) is 62.0 Å². The molecule has 2 aromatic rings. The number of aryl methyl sites for hydroxylation is 2. The van der Waals surface area contributed by atoms with Gasteiger partial charge in [-0.05, 0) is 56.9 Å². The van der Waals surface area contributed by atoms with Crippen LogP contribution in [0.2, 0.25) is 0 Å². The average molecular weight is 448 g/mol. The van der Waals surface area contributed by atoms with Crippen LogP contribution in [0.3, 0.4) is 0 Å². The Morgan fingerprint density at radius 2 is 1.78 bits per heavy atom. The highest BCUT2D eigenvalue weighted by atomic mass is 19.4. The van der Waals surface area contributed by atoms with Gasteiger partial charge in [0, 0.05) is 11.1 Å². The third-order valence-corrected chi connectivity index (χ3v) is 4.95. The first-order valence-electron chi connectivity index (χ1n) is 10.4. The van der Waals surface area contributed by atoms with Crippen molar-refractivity contribution < 1.29 is 22.8 Å². The molecule has 0 saturated heterocycles. The highest BCUT2D eigenvalue weighted by Gasteiger charge is 2.34. The highest BCUT2D eigenvalue weighted by molar-refractivity contribution is 6.00. The van der Waals surface area contributed by atoms with Crippen molar-refractivity contribution in [3.63, 3.8) is 0 Å². The van der Waals surface area contributed by atoms with Crippen molar-refractivity contribution in [2.45, 2.75) is 53.1 Å². The minimum atomic E-state index is -4.50. The molecule has 0 bridgehead atoms. The molecule has 0 unspecified atom stereocenters. The summed E-state index contributed by atoms with van der Waals surface area (Å²) in [6, 6.07) is 8.16. The zero-order valence-corrected chi connectivity index (χ0v) is 18.7. The van der Waals surface area contributed by atoms with E-state index in [1.54, 1.807) is 0 Å². The third kappa shape index (κ3) is 6.27. The van der Waals surface area contributed by atoms with Crippen LogP contribution in [0.5, 0.6) is 0 Å². The van der Waals surface area contributed by atoms with Crippen molar-refractivity contribution in [2.24, 2.45) is 15.7 Å². The van der Waals surface area contributed by atoms with Crippen molar-refractivity contribution in [3.05, 3.63) is 58.7 Å². The van der Waals surface area contributed by atoms with Gasteiger partial charge in [-0.25, -0.2) is 4.98 Å². The summed E-state index contributed by atoms with van der Waals surface area (Å²) in [6.45, 7) is 8.06. The first-order chi connectivity index (χ1) is 15.0. The molecule has 0 fully saturated rings.